The van der Waals surface area contributed by atoms with Gasteiger partial charge in [-0.15, -0.1) is 0 Å². The molecule has 0 saturated heterocycles. The molecular weight excluding hydrogens is 538 g/mol. The van der Waals surface area contributed by atoms with E-state index in [-0.39, 0.29) is 25.7 Å². The zero-order valence-corrected chi connectivity index (χ0v) is 23.0. The maximum atomic E-state index is 13.2. The van der Waals surface area contributed by atoms with Crippen LogP contribution in [0.5, 0.6) is 0 Å². The van der Waals surface area contributed by atoms with Gasteiger partial charge in [-0.2, -0.15) is 0 Å². The predicted octanol–water partition coefficient (Wildman–Crippen LogP) is -3.01. The first kappa shape index (κ1) is 34.9. The molecule has 0 fully saturated rings. The van der Waals surface area contributed by atoms with Gasteiger partial charge in [0.15, 0.2) is 0 Å². The Kier molecular flexibility index (Phi) is 15.6. The van der Waals surface area contributed by atoms with Gasteiger partial charge >= 0.3 is 5.97 Å². The van der Waals surface area contributed by atoms with Gasteiger partial charge in [-0.1, -0.05) is 30.3 Å². The van der Waals surface area contributed by atoms with Crippen LogP contribution in [0.3, 0.4) is 0 Å². The van der Waals surface area contributed by atoms with Crippen molar-refractivity contribution in [1.29, 1.82) is 0 Å². The molecule has 5 unspecified atom stereocenters. The Balaban J connectivity index is 2.98. The maximum absolute atomic E-state index is 13.2. The van der Waals surface area contributed by atoms with Crippen LogP contribution in [0.2, 0.25) is 0 Å². The summed E-state index contributed by atoms with van der Waals surface area (Å²) >= 11 is 0. The highest BCUT2D eigenvalue weighted by Gasteiger charge is 2.30. The lowest BCUT2D eigenvalue weighted by molar-refractivity contribution is -0.143. The van der Waals surface area contributed by atoms with E-state index in [1.807, 2.05) is 6.07 Å². The number of carbonyl (C=O) groups is 6. The highest BCUT2D eigenvalue weighted by Crippen LogP contribution is 2.07. The number of hydrogen-bond donors (Lipinski definition) is 9. The van der Waals surface area contributed by atoms with E-state index in [1.54, 1.807) is 24.3 Å². The molecular formula is C26H41N7O8. The minimum atomic E-state index is -1.57. The lowest BCUT2D eigenvalue weighted by Gasteiger charge is -2.25. The Labute approximate surface area is 238 Å². The minimum absolute atomic E-state index is 0.126. The topological polar surface area (TPSA) is 269 Å². The molecule has 0 aliphatic carbocycles. The molecule has 0 heterocycles. The number of primary amides is 1. The fraction of sp³-hybridized carbons (Fsp3) is 0.538. The maximum Gasteiger partial charge on any atom is 0.328 e. The van der Waals surface area contributed by atoms with Crippen LogP contribution in [0, 0.1) is 0 Å². The number of nitrogens with two attached hydrogens (primary N) is 3. The molecule has 1 rings (SSSR count). The first-order valence-corrected chi connectivity index (χ1v) is 13.2. The Morgan fingerprint density at radius 1 is 0.805 bits per heavy atom. The first-order valence-electron chi connectivity index (χ1n) is 13.2. The van der Waals surface area contributed by atoms with Crippen molar-refractivity contribution >= 4 is 35.5 Å². The second kappa shape index (κ2) is 18.3. The second-order valence-corrected chi connectivity index (χ2v) is 9.52. The Bertz CT molecular complexity index is 1040. The number of carboxylic acids is 1. The third kappa shape index (κ3) is 13.2. The van der Waals surface area contributed by atoms with Crippen molar-refractivity contribution in [3.63, 3.8) is 0 Å². The normalized spacial score (nSPS) is 14.4. The SMILES string of the molecule is CC(NC(=O)C(CCCCN)NC(=O)C(CCC(N)=O)NC(=O)C(N)Cc1ccccc1)C(=O)NC(CO)C(=O)O. The number of carboxylic acid groups (broad SMARTS) is 1. The number of aliphatic carboxylic acids is 1. The lowest BCUT2D eigenvalue weighted by Crippen LogP contribution is -2.58. The molecule has 0 spiro atoms. The molecule has 1 aromatic carbocycles. The number of nitrogens with one attached hydrogen (secondary N) is 4. The minimum Gasteiger partial charge on any atom is -0.480 e. The molecule has 41 heavy (non-hydrogen) atoms. The van der Waals surface area contributed by atoms with Crippen LogP contribution in [-0.2, 0) is 35.2 Å². The molecule has 0 aromatic heterocycles. The average molecular weight is 580 g/mol. The van der Waals surface area contributed by atoms with Gasteiger partial charge in [0.1, 0.15) is 24.2 Å². The van der Waals surface area contributed by atoms with Crippen molar-refractivity contribution < 1.29 is 39.0 Å². The van der Waals surface area contributed by atoms with Gasteiger partial charge in [0.25, 0.3) is 0 Å². The molecule has 5 amide bonds. The van der Waals surface area contributed by atoms with Gasteiger partial charge in [-0.05, 0) is 51.1 Å². The van der Waals surface area contributed by atoms with E-state index >= 15 is 0 Å². The summed E-state index contributed by atoms with van der Waals surface area (Å²) in [6, 6.07) is 2.79. The van der Waals surface area contributed by atoms with Gasteiger partial charge < -0.3 is 48.7 Å². The highest BCUT2D eigenvalue weighted by molar-refractivity contribution is 5.95. The molecule has 0 aliphatic heterocycles. The molecule has 0 saturated carbocycles. The van der Waals surface area contributed by atoms with E-state index in [1.165, 1.54) is 6.92 Å². The zero-order valence-electron chi connectivity index (χ0n) is 23.0. The summed E-state index contributed by atoms with van der Waals surface area (Å²) < 4.78 is 0. The fourth-order valence-corrected chi connectivity index (χ4v) is 3.69. The highest BCUT2D eigenvalue weighted by atomic mass is 16.4. The average Bonchev–Trinajstić information content (AvgIpc) is 2.93. The monoisotopic (exact) mass is 579 g/mol. The van der Waals surface area contributed by atoms with Crippen LogP contribution < -0.4 is 38.5 Å². The largest absolute Gasteiger partial charge is 0.480 e. The van der Waals surface area contributed by atoms with Crippen LogP contribution in [0.25, 0.3) is 0 Å². The van der Waals surface area contributed by atoms with Gasteiger partial charge in [-0.25, -0.2) is 4.79 Å². The number of amides is 5. The summed E-state index contributed by atoms with van der Waals surface area (Å²) in [5.41, 5.74) is 17.6. The fourth-order valence-electron chi connectivity index (χ4n) is 3.69. The van der Waals surface area contributed by atoms with Crippen LogP contribution in [0.15, 0.2) is 30.3 Å². The molecule has 15 nitrogen and oxygen atoms in total. The van der Waals surface area contributed by atoms with Gasteiger partial charge in [0, 0.05) is 6.42 Å². The number of rotatable bonds is 19. The summed E-state index contributed by atoms with van der Waals surface area (Å²) in [5, 5.41) is 27.7. The molecule has 5 atom stereocenters. The number of aliphatic hydroxyl groups is 1. The first-order chi connectivity index (χ1) is 19.4. The van der Waals surface area contributed by atoms with Gasteiger partial charge in [0.05, 0.1) is 12.6 Å². The Morgan fingerprint density at radius 2 is 1.37 bits per heavy atom. The second-order valence-electron chi connectivity index (χ2n) is 9.52. The van der Waals surface area contributed by atoms with Crippen molar-refractivity contribution in [1.82, 2.24) is 21.3 Å². The number of aliphatic hydroxyl groups excluding tert-OH is 1. The summed E-state index contributed by atoms with van der Waals surface area (Å²) in [6.45, 7) is 0.772. The molecule has 15 heteroatoms. The molecule has 12 N–H and O–H groups in total. The number of carbonyl (C=O) groups excluding carboxylic acids is 5. The van der Waals surface area contributed by atoms with Crippen LogP contribution in [-0.4, -0.2) is 89.1 Å². The quantitative estimate of drug-likeness (QED) is 0.0749. The predicted molar refractivity (Wildman–Crippen MR) is 148 cm³/mol. The van der Waals surface area contributed by atoms with E-state index in [2.05, 4.69) is 21.3 Å². The third-order valence-electron chi connectivity index (χ3n) is 6.08. The van der Waals surface area contributed by atoms with Crippen molar-refractivity contribution in [2.75, 3.05) is 13.2 Å². The molecule has 0 bridgehead atoms. The standard InChI is InChI=1S/C26H41N7O8/c1-15(22(36)33-20(14-34)26(40)41)30-24(38)18(9-5-6-12-27)32-25(39)19(10-11-21(29)35)31-23(37)17(28)13-16-7-3-2-4-8-16/h2-4,7-8,15,17-20,34H,5-6,9-14,27-28H2,1H3,(H2,29,35)(H,30,38)(H,31,37)(H,32,39)(H,33,36)(H,40,41). The molecule has 0 aliphatic rings. The van der Waals surface area contributed by atoms with Crippen molar-refractivity contribution in [3.05, 3.63) is 35.9 Å². The van der Waals surface area contributed by atoms with E-state index < -0.39 is 72.3 Å². The smallest absolute Gasteiger partial charge is 0.328 e. The molecule has 0 radical (unpaired) electrons. The Hall–Kier alpha value is -4.08. The summed E-state index contributed by atoms with van der Waals surface area (Å²) in [5.74, 6) is -5.21. The van der Waals surface area contributed by atoms with E-state index in [0.29, 0.717) is 19.4 Å². The van der Waals surface area contributed by atoms with Crippen molar-refractivity contribution in [2.24, 2.45) is 17.2 Å². The van der Waals surface area contributed by atoms with Crippen LogP contribution in [0.4, 0.5) is 0 Å². The van der Waals surface area contributed by atoms with Crippen molar-refractivity contribution in [2.45, 2.75) is 75.7 Å². The van der Waals surface area contributed by atoms with E-state index in [0.717, 1.165) is 5.56 Å². The van der Waals surface area contributed by atoms with E-state index in [4.69, 9.17) is 27.4 Å². The van der Waals surface area contributed by atoms with Crippen molar-refractivity contribution in [3.8, 4) is 0 Å². The molecule has 1 aromatic rings. The van der Waals surface area contributed by atoms with Crippen LogP contribution >= 0.6 is 0 Å². The number of benzene rings is 1. The summed E-state index contributed by atoms with van der Waals surface area (Å²) in [7, 11) is 0. The Morgan fingerprint density at radius 3 is 1.93 bits per heavy atom. The number of unbranched alkanes of at least 4 members (excludes halogenated alkanes) is 1. The van der Waals surface area contributed by atoms with Gasteiger partial charge in [-0.3, -0.25) is 24.0 Å². The zero-order chi connectivity index (χ0) is 30.9. The summed E-state index contributed by atoms with van der Waals surface area (Å²) in [6.07, 6.45) is 0.896. The lowest BCUT2D eigenvalue weighted by atomic mass is 10.0. The van der Waals surface area contributed by atoms with Gasteiger partial charge in [0.2, 0.25) is 29.5 Å². The van der Waals surface area contributed by atoms with E-state index in [9.17, 15) is 28.8 Å². The van der Waals surface area contributed by atoms with Crippen LogP contribution in [0.1, 0.15) is 44.6 Å². The summed E-state index contributed by atoms with van der Waals surface area (Å²) in [4.78, 5) is 73.8. The number of hydrogen-bond acceptors (Lipinski definition) is 9. The molecule has 228 valence electrons. The third-order valence-corrected chi connectivity index (χ3v) is 6.08.